The summed E-state index contributed by atoms with van der Waals surface area (Å²) < 4.78 is 10.9. The first-order valence-electron chi connectivity index (χ1n) is 7.50. The molecule has 1 rings (SSSR count). The maximum atomic E-state index is 5.51. The summed E-state index contributed by atoms with van der Waals surface area (Å²) in [5.74, 6) is 1.74. The lowest BCUT2D eigenvalue weighted by Crippen LogP contribution is -2.44. The Hall–Kier alpha value is -1.26. The minimum atomic E-state index is 0.168. The van der Waals surface area contributed by atoms with E-state index in [2.05, 4.69) is 38.0 Å². The van der Waals surface area contributed by atoms with Gasteiger partial charge in [0.25, 0.3) is 0 Å². The molecule has 4 nitrogen and oxygen atoms in total. The molecule has 0 aliphatic heterocycles. The van der Waals surface area contributed by atoms with Gasteiger partial charge < -0.3 is 14.8 Å². The zero-order valence-corrected chi connectivity index (χ0v) is 14.5. The van der Waals surface area contributed by atoms with Gasteiger partial charge in [-0.15, -0.1) is 0 Å². The van der Waals surface area contributed by atoms with Crippen molar-refractivity contribution >= 4 is 0 Å². The Morgan fingerprint density at radius 2 is 1.90 bits per heavy atom. The summed E-state index contributed by atoms with van der Waals surface area (Å²) in [5, 5.41) is 3.39. The van der Waals surface area contributed by atoms with Crippen LogP contribution in [0.25, 0.3) is 0 Å². The molecule has 0 saturated heterocycles. The molecule has 0 aliphatic carbocycles. The van der Waals surface area contributed by atoms with Gasteiger partial charge in [0.2, 0.25) is 0 Å². The second kappa shape index (κ2) is 7.66. The van der Waals surface area contributed by atoms with E-state index in [0.717, 1.165) is 30.0 Å². The molecule has 1 aromatic rings. The SMILES string of the molecule is CCC(C)(C)N(C)CC(NC)c1cc(OC)ccc1OC. The maximum Gasteiger partial charge on any atom is 0.123 e. The summed E-state index contributed by atoms with van der Waals surface area (Å²) in [6.45, 7) is 7.66. The van der Waals surface area contributed by atoms with E-state index in [0.29, 0.717) is 0 Å². The van der Waals surface area contributed by atoms with Gasteiger partial charge in [-0.1, -0.05) is 6.92 Å². The molecular formula is C17H30N2O2. The molecule has 1 atom stereocenters. The normalized spacial score (nSPS) is 13.3. The minimum absolute atomic E-state index is 0.168. The number of nitrogens with zero attached hydrogens (tertiary/aromatic N) is 1. The van der Waals surface area contributed by atoms with Crippen LogP contribution in [0.5, 0.6) is 11.5 Å². The summed E-state index contributed by atoms with van der Waals surface area (Å²) in [7, 11) is 7.54. The molecule has 1 unspecified atom stereocenters. The Balaban J connectivity index is 3.04. The Labute approximate surface area is 129 Å². The van der Waals surface area contributed by atoms with Crippen LogP contribution < -0.4 is 14.8 Å². The fourth-order valence-electron chi connectivity index (χ4n) is 2.25. The lowest BCUT2D eigenvalue weighted by atomic mass is 9.97. The van der Waals surface area contributed by atoms with Crippen LogP contribution in [0.4, 0.5) is 0 Å². The van der Waals surface area contributed by atoms with Crippen molar-refractivity contribution in [2.75, 3.05) is 34.9 Å². The number of hydrogen-bond donors (Lipinski definition) is 1. The average molecular weight is 294 g/mol. The van der Waals surface area contributed by atoms with Gasteiger partial charge in [0.15, 0.2) is 0 Å². The molecule has 120 valence electrons. The molecule has 0 heterocycles. The van der Waals surface area contributed by atoms with Crippen LogP contribution in [-0.2, 0) is 0 Å². The Morgan fingerprint density at radius 1 is 1.24 bits per heavy atom. The molecule has 21 heavy (non-hydrogen) atoms. The van der Waals surface area contributed by atoms with E-state index in [-0.39, 0.29) is 11.6 Å². The lowest BCUT2D eigenvalue weighted by Gasteiger charge is -2.37. The van der Waals surface area contributed by atoms with Crippen molar-refractivity contribution in [3.8, 4) is 11.5 Å². The van der Waals surface area contributed by atoms with E-state index < -0.39 is 0 Å². The molecule has 0 saturated carbocycles. The van der Waals surface area contributed by atoms with Crippen LogP contribution in [0, 0.1) is 0 Å². The monoisotopic (exact) mass is 294 g/mol. The Bertz CT molecular complexity index is 446. The largest absolute Gasteiger partial charge is 0.497 e. The van der Waals surface area contributed by atoms with Crippen LogP contribution >= 0.6 is 0 Å². The molecular weight excluding hydrogens is 264 g/mol. The second-order valence-corrected chi connectivity index (χ2v) is 6.00. The van der Waals surface area contributed by atoms with Crippen molar-refractivity contribution in [2.45, 2.75) is 38.8 Å². The first-order valence-corrected chi connectivity index (χ1v) is 7.50. The quantitative estimate of drug-likeness (QED) is 0.799. The number of likely N-dealkylation sites (N-methyl/N-ethyl adjacent to an activating group) is 2. The average Bonchev–Trinajstić information content (AvgIpc) is 2.51. The smallest absolute Gasteiger partial charge is 0.123 e. The number of nitrogens with one attached hydrogen (secondary N) is 1. The van der Waals surface area contributed by atoms with Crippen molar-refractivity contribution in [1.29, 1.82) is 0 Å². The van der Waals surface area contributed by atoms with E-state index in [1.807, 2.05) is 25.2 Å². The molecule has 0 radical (unpaired) electrons. The van der Waals surface area contributed by atoms with E-state index >= 15 is 0 Å². The van der Waals surface area contributed by atoms with Crippen molar-refractivity contribution in [2.24, 2.45) is 0 Å². The van der Waals surface area contributed by atoms with Crippen LogP contribution in [-0.4, -0.2) is 45.3 Å². The van der Waals surface area contributed by atoms with E-state index in [1.165, 1.54) is 0 Å². The molecule has 1 aromatic carbocycles. The fraction of sp³-hybridized carbons (Fsp3) is 0.647. The van der Waals surface area contributed by atoms with Crippen molar-refractivity contribution in [3.05, 3.63) is 23.8 Å². The van der Waals surface area contributed by atoms with Crippen molar-refractivity contribution in [3.63, 3.8) is 0 Å². The number of hydrogen-bond acceptors (Lipinski definition) is 4. The standard InChI is InChI=1S/C17H30N2O2/c1-8-17(2,3)19(5)12-15(18-4)14-11-13(20-6)9-10-16(14)21-7/h9-11,15,18H,8,12H2,1-7H3. The molecule has 0 spiro atoms. The first-order chi connectivity index (χ1) is 9.89. The lowest BCUT2D eigenvalue weighted by molar-refractivity contribution is 0.136. The molecule has 0 amide bonds. The zero-order valence-electron chi connectivity index (χ0n) is 14.5. The van der Waals surface area contributed by atoms with E-state index in [9.17, 15) is 0 Å². The summed E-state index contributed by atoms with van der Waals surface area (Å²) in [6.07, 6.45) is 1.11. The van der Waals surface area contributed by atoms with Gasteiger partial charge in [-0.05, 0) is 52.6 Å². The first kappa shape index (κ1) is 17.8. The molecule has 1 N–H and O–H groups in total. The van der Waals surface area contributed by atoms with Gasteiger partial charge in [0.05, 0.1) is 14.2 Å². The number of rotatable bonds is 8. The van der Waals surface area contributed by atoms with Crippen molar-refractivity contribution < 1.29 is 9.47 Å². The van der Waals surface area contributed by atoms with E-state index in [4.69, 9.17) is 9.47 Å². The molecule has 0 aliphatic rings. The fourth-order valence-corrected chi connectivity index (χ4v) is 2.25. The van der Waals surface area contributed by atoms with E-state index in [1.54, 1.807) is 14.2 Å². The minimum Gasteiger partial charge on any atom is -0.497 e. The van der Waals surface area contributed by atoms with Gasteiger partial charge in [0, 0.05) is 23.7 Å². The topological polar surface area (TPSA) is 33.7 Å². The van der Waals surface area contributed by atoms with Gasteiger partial charge in [-0.3, -0.25) is 4.90 Å². The third-order valence-electron chi connectivity index (χ3n) is 4.52. The number of methoxy groups -OCH3 is 2. The van der Waals surface area contributed by atoms with Crippen LogP contribution in [0.3, 0.4) is 0 Å². The van der Waals surface area contributed by atoms with Gasteiger partial charge in [-0.2, -0.15) is 0 Å². The molecule has 0 bridgehead atoms. The summed E-state index contributed by atoms with van der Waals surface area (Å²) in [6, 6.07) is 6.12. The van der Waals surface area contributed by atoms with Crippen molar-refractivity contribution in [1.82, 2.24) is 10.2 Å². The summed E-state index contributed by atoms with van der Waals surface area (Å²) in [4.78, 5) is 2.38. The molecule has 4 heteroatoms. The molecule has 0 aromatic heterocycles. The van der Waals surface area contributed by atoms with Gasteiger partial charge >= 0.3 is 0 Å². The zero-order chi connectivity index (χ0) is 16.0. The highest BCUT2D eigenvalue weighted by molar-refractivity contribution is 5.42. The predicted octanol–water partition coefficient (Wildman–Crippen LogP) is 3.08. The number of ether oxygens (including phenoxy) is 2. The van der Waals surface area contributed by atoms with Gasteiger partial charge in [-0.25, -0.2) is 0 Å². The highest BCUT2D eigenvalue weighted by atomic mass is 16.5. The highest BCUT2D eigenvalue weighted by Gasteiger charge is 2.25. The Morgan fingerprint density at radius 3 is 2.38 bits per heavy atom. The van der Waals surface area contributed by atoms with Gasteiger partial charge in [0.1, 0.15) is 11.5 Å². The third-order valence-corrected chi connectivity index (χ3v) is 4.52. The Kier molecular flexibility index (Phi) is 6.49. The van der Waals surface area contributed by atoms with Crippen LogP contribution in [0.2, 0.25) is 0 Å². The van der Waals surface area contributed by atoms with Crippen LogP contribution in [0.15, 0.2) is 18.2 Å². The maximum absolute atomic E-state index is 5.51. The number of benzene rings is 1. The molecule has 0 fully saturated rings. The third kappa shape index (κ3) is 4.35. The van der Waals surface area contributed by atoms with Crippen LogP contribution in [0.1, 0.15) is 38.8 Å². The summed E-state index contributed by atoms with van der Waals surface area (Å²) in [5.41, 5.74) is 1.29. The second-order valence-electron chi connectivity index (χ2n) is 6.00. The summed E-state index contributed by atoms with van der Waals surface area (Å²) >= 11 is 0. The highest BCUT2D eigenvalue weighted by Crippen LogP contribution is 2.31. The predicted molar refractivity (Wildman–Crippen MR) is 88.3 cm³/mol.